The standard InChI is InChI=1S/C40H34O2P2/c1-3-17-31(18-4-1)43-39-27-13-10-24-36(39)34-22-8-7-21-33(34)35-23-9-11-25-37(35)41-29-15-16-30-42-38-26-12-14-28-40(38)44-32-19-5-2-6-20-32/h1-14,16-28,30,43-44H,15,29H2. The first-order valence-corrected chi connectivity index (χ1v) is 16.8. The first kappa shape index (κ1) is 29.6. The predicted octanol–water partition coefficient (Wildman–Crippen LogP) is 8.64. The molecule has 0 aliphatic heterocycles. The summed E-state index contributed by atoms with van der Waals surface area (Å²) < 4.78 is 12.4. The Hall–Kier alpha value is -4.48. The Morgan fingerprint density at radius 3 is 1.59 bits per heavy atom. The van der Waals surface area contributed by atoms with Gasteiger partial charge in [0, 0.05) is 17.3 Å². The van der Waals surface area contributed by atoms with E-state index in [0.29, 0.717) is 23.8 Å². The maximum atomic E-state index is 6.36. The molecule has 4 heteroatoms. The molecule has 6 rings (SSSR count). The van der Waals surface area contributed by atoms with Gasteiger partial charge in [-0.15, -0.1) is 0 Å². The zero-order valence-electron chi connectivity index (χ0n) is 24.4. The van der Waals surface area contributed by atoms with Crippen molar-refractivity contribution in [3.63, 3.8) is 0 Å². The molecule has 0 amide bonds. The summed E-state index contributed by atoms with van der Waals surface area (Å²) in [6.07, 6.45) is 4.54. The molecule has 0 fully saturated rings. The summed E-state index contributed by atoms with van der Waals surface area (Å²) in [6.45, 7) is 0.554. The molecule has 0 bridgehead atoms. The van der Waals surface area contributed by atoms with E-state index in [1.165, 1.54) is 37.9 Å². The van der Waals surface area contributed by atoms with Gasteiger partial charge in [-0.3, -0.25) is 0 Å². The van der Waals surface area contributed by atoms with Gasteiger partial charge in [-0.1, -0.05) is 163 Å². The summed E-state index contributed by atoms with van der Waals surface area (Å²) in [5, 5.41) is 5.15. The van der Waals surface area contributed by atoms with Crippen LogP contribution in [-0.2, 0) is 0 Å². The zero-order chi connectivity index (χ0) is 29.8. The molecule has 6 aromatic rings. The van der Waals surface area contributed by atoms with E-state index in [1.54, 1.807) is 6.26 Å². The number of hydrogen-bond donors (Lipinski definition) is 0. The Labute approximate surface area is 264 Å². The first-order chi connectivity index (χ1) is 21.8. The molecule has 0 spiro atoms. The third-order valence-corrected chi connectivity index (χ3v) is 9.78. The normalized spacial score (nSPS) is 11.5. The number of ether oxygens (including phenoxy) is 2. The molecule has 44 heavy (non-hydrogen) atoms. The second-order valence-electron chi connectivity index (χ2n) is 10.2. The second-order valence-corrected chi connectivity index (χ2v) is 12.9. The fourth-order valence-corrected chi connectivity index (χ4v) is 7.37. The van der Waals surface area contributed by atoms with E-state index in [0.717, 1.165) is 23.5 Å². The molecule has 6 aromatic carbocycles. The lowest BCUT2D eigenvalue weighted by Gasteiger charge is -2.17. The summed E-state index contributed by atoms with van der Waals surface area (Å²) >= 11 is 0. The minimum absolute atomic E-state index is 0.550. The molecule has 0 saturated carbocycles. The van der Waals surface area contributed by atoms with Gasteiger partial charge in [-0.05, 0) is 50.8 Å². The van der Waals surface area contributed by atoms with Gasteiger partial charge in [-0.2, -0.15) is 0 Å². The van der Waals surface area contributed by atoms with Crippen molar-refractivity contribution >= 4 is 38.4 Å². The number of para-hydroxylation sites is 2. The molecule has 0 N–H and O–H groups in total. The van der Waals surface area contributed by atoms with Crippen LogP contribution in [-0.4, -0.2) is 6.61 Å². The van der Waals surface area contributed by atoms with E-state index < -0.39 is 0 Å². The number of benzene rings is 6. The third-order valence-electron chi connectivity index (χ3n) is 7.15. The molecule has 2 nitrogen and oxygen atoms in total. The van der Waals surface area contributed by atoms with Crippen LogP contribution < -0.4 is 30.7 Å². The molecule has 2 atom stereocenters. The van der Waals surface area contributed by atoms with Crippen LogP contribution in [0.4, 0.5) is 0 Å². The minimum Gasteiger partial charge on any atom is -0.493 e. The molecule has 0 aliphatic rings. The Kier molecular flexibility index (Phi) is 10.3. The van der Waals surface area contributed by atoms with E-state index in [9.17, 15) is 0 Å². The SMILES string of the molecule is C(=COc1ccccc1Pc1ccccc1)CCOc1ccccc1-c1ccccc1-c1ccccc1Pc1ccccc1. The Morgan fingerprint density at radius 1 is 0.432 bits per heavy atom. The average Bonchev–Trinajstić information content (AvgIpc) is 3.08. The van der Waals surface area contributed by atoms with E-state index in [4.69, 9.17) is 9.47 Å². The van der Waals surface area contributed by atoms with Crippen molar-refractivity contribution < 1.29 is 9.47 Å². The van der Waals surface area contributed by atoms with Gasteiger partial charge in [0.05, 0.1) is 12.9 Å². The van der Waals surface area contributed by atoms with Gasteiger partial charge in [0.2, 0.25) is 0 Å². The van der Waals surface area contributed by atoms with Gasteiger partial charge in [0.15, 0.2) is 0 Å². The van der Waals surface area contributed by atoms with Gasteiger partial charge >= 0.3 is 0 Å². The highest BCUT2D eigenvalue weighted by Crippen LogP contribution is 2.38. The van der Waals surface area contributed by atoms with Crippen LogP contribution in [0.5, 0.6) is 11.5 Å². The number of hydrogen-bond acceptors (Lipinski definition) is 2. The molecular weight excluding hydrogens is 574 g/mol. The zero-order valence-corrected chi connectivity index (χ0v) is 26.4. The van der Waals surface area contributed by atoms with Crippen molar-refractivity contribution in [1.29, 1.82) is 0 Å². The maximum Gasteiger partial charge on any atom is 0.134 e. The summed E-state index contributed by atoms with van der Waals surface area (Å²) in [5.41, 5.74) is 4.74. The van der Waals surface area contributed by atoms with Crippen molar-refractivity contribution in [2.24, 2.45) is 0 Å². The molecule has 0 saturated heterocycles. The maximum absolute atomic E-state index is 6.36. The van der Waals surface area contributed by atoms with Crippen LogP contribution >= 0.6 is 17.2 Å². The third kappa shape index (κ3) is 7.72. The lowest BCUT2D eigenvalue weighted by molar-refractivity contribution is 0.325. The highest BCUT2D eigenvalue weighted by molar-refractivity contribution is 7.56. The van der Waals surface area contributed by atoms with Crippen molar-refractivity contribution in [2.75, 3.05) is 6.61 Å². The van der Waals surface area contributed by atoms with E-state index in [1.807, 2.05) is 30.3 Å². The van der Waals surface area contributed by atoms with Crippen LogP contribution in [0.3, 0.4) is 0 Å². The van der Waals surface area contributed by atoms with E-state index >= 15 is 0 Å². The molecule has 0 heterocycles. The minimum atomic E-state index is 0.550. The van der Waals surface area contributed by atoms with Crippen molar-refractivity contribution in [2.45, 2.75) is 6.42 Å². The molecule has 0 aliphatic carbocycles. The summed E-state index contributed by atoms with van der Waals surface area (Å²) in [5.74, 6) is 1.77. The van der Waals surface area contributed by atoms with Gasteiger partial charge in [0.25, 0.3) is 0 Å². The highest BCUT2D eigenvalue weighted by Gasteiger charge is 2.14. The van der Waals surface area contributed by atoms with Crippen molar-refractivity contribution in [3.8, 4) is 33.8 Å². The quantitative estimate of drug-likeness (QED) is 0.0787. The molecule has 0 aromatic heterocycles. The fraction of sp³-hybridized carbons (Fsp3) is 0.0500. The lowest BCUT2D eigenvalue weighted by atomic mass is 9.94. The Bertz CT molecular complexity index is 1820. The largest absolute Gasteiger partial charge is 0.493 e. The molecule has 0 radical (unpaired) electrons. The van der Waals surface area contributed by atoms with Crippen LogP contribution in [0, 0.1) is 0 Å². The van der Waals surface area contributed by atoms with E-state index in [2.05, 4.69) is 133 Å². The van der Waals surface area contributed by atoms with Crippen LogP contribution in [0.1, 0.15) is 6.42 Å². The fourth-order valence-electron chi connectivity index (χ4n) is 5.05. The average molecular weight is 609 g/mol. The lowest BCUT2D eigenvalue weighted by Crippen LogP contribution is -2.06. The Morgan fingerprint density at radius 2 is 0.909 bits per heavy atom. The van der Waals surface area contributed by atoms with Gasteiger partial charge in [0.1, 0.15) is 11.5 Å². The predicted molar refractivity (Wildman–Crippen MR) is 192 cm³/mol. The topological polar surface area (TPSA) is 18.5 Å². The summed E-state index contributed by atoms with van der Waals surface area (Å²) in [7, 11) is 1.13. The van der Waals surface area contributed by atoms with Gasteiger partial charge < -0.3 is 9.47 Å². The first-order valence-electron chi connectivity index (χ1n) is 14.8. The molecule has 2 unspecified atom stereocenters. The van der Waals surface area contributed by atoms with E-state index in [-0.39, 0.29) is 0 Å². The Balaban J connectivity index is 1.14. The highest BCUT2D eigenvalue weighted by atomic mass is 31.1. The van der Waals surface area contributed by atoms with Crippen molar-refractivity contribution in [1.82, 2.24) is 0 Å². The number of rotatable bonds is 12. The van der Waals surface area contributed by atoms with Crippen molar-refractivity contribution in [3.05, 3.63) is 170 Å². The smallest absolute Gasteiger partial charge is 0.134 e. The summed E-state index contributed by atoms with van der Waals surface area (Å²) in [4.78, 5) is 0. The van der Waals surface area contributed by atoms with Crippen LogP contribution in [0.25, 0.3) is 22.3 Å². The second kappa shape index (κ2) is 15.3. The van der Waals surface area contributed by atoms with Gasteiger partial charge in [-0.25, -0.2) is 0 Å². The molecular formula is C40H34O2P2. The monoisotopic (exact) mass is 608 g/mol. The molecule has 216 valence electrons. The van der Waals surface area contributed by atoms with Crippen LogP contribution in [0.2, 0.25) is 0 Å². The summed E-state index contributed by atoms with van der Waals surface area (Å²) in [6, 6.07) is 55.2. The van der Waals surface area contributed by atoms with Crippen LogP contribution in [0.15, 0.2) is 170 Å².